The maximum atomic E-state index is 11.2. The molecule has 37 heavy (non-hydrogen) atoms. The lowest BCUT2D eigenvalue weighted by Gasteiger charge is -2.19. The SMILES string of the molecule is CCCCCCCCCCCCCCOC(COCCCCC)COc1ccc(-c2noc(=O)[nH]2)cc1. The third-order valence-electron chi connectivity index (χ3n) is 6.55. The molecule has 0 fully saturated rings. The third kappa shape index (κ3) is 15.0. The van der Waals surface area contributed by atoms with Gasteiger partial charge in [0.25, 0.3) is 0 Å². The van der Waals surface area contributed by atoms with Crippen LogP contribution in [0.2, 0.25) is 0 Å². The zero-order chi connectivity index (χ0) is 26.4. The normalized spacial score (nSPS) is 12.2. The minimum Gasteiger partial charge on any atom is -0.491 e. The van der Waals surface area contributed by atoms with Crippen molar-refractivity contribution in [2.75, 3.05) is 26.4 Å². The van der Waals surface area contributed by atoms with Crippen molar-refractivity contribution in [3.8, 4) is 17.1 Å². The fraction of sp³-hybridized carbons (Fsp3) is 0.733. The highest BCUT2D eigenvalue weighted by atomic mass is 16.6. The van der Waals surface area contributed by atoms with Gasteiger partial charge in [-0.05, 0) is 37.1 Å². The van der Waals surface area contributed by atoms with Gasteiger partial charge in [-0.25, -0.2) is 4.79 Å². The summed E-state index contributed by atoms with van der Waals surface area (Å²) in [5, 5.41) is 3.71. The molecule has 1 unspecified atom stereocenters. The number of benzene rings is 1. The highest BCUT2D eigenvalue weighted by molar-refractivity contribution is 5.55. The van der Waals surface area contributed by atoms with E-state index >= 15 is 0 Å². The minimum absolute atomic E-state index is 0.0964. The molecule has 0 radical (unpaired) electrons. The summed E-state index contributed by atoms with van der Waals surface area (Å²) in [6.07, 6.45) is 19.4. The third-order valence-corrected chi connectivity index (χ3v) is 6.55. The van der Waals surface area contributed by atoms with Gasteiger partial charge in [-0.3, -0.25) is 9.51 Å². The number of ether oxygens (including phenoxy) is 3. The predicted octanol–water partition coefficient (Wildman–Crippen LogP) is 7.70. The van der Waals surface area contributed by atoms with Crippen LogP contribution in [-0.2, 0) is 9.47 Å². The summed E-state index contributed by atoms with van der Waals surface area (Å²) < 4.78 is 22.6. The van der Waals surface area contributed by atoms with E-state index in [2.05, 4.69) is 28.5 Å². The van der Waals surface area contributed by atoms with Crippen LogP contribution in [-0.4, -0.2) is 42.7 Å². The molecule has 7 nitrogen and oxygen atoms in total. The summed E-state index contributed by atoms with van der Waals surface area (Å²) in [5.74, 6) is 0.572. The number of aromatic amines is 1. The molecular formula is C30H50N2O5. The molecule has 210 valence electrons. The summed E-state index contributed by atoms with van der Waals surface area (Å²) >= 11 is 0. The van der Waals surface area contributed by atoms with Crippen LogP contribution >= 0.6 is 0 Å². The van der Waals surface area contributed by atoms with Crippen LogP contribution in [0.25, 0.3) is 11.4 Å². The van der Waals surface area contributed by atoms with Crippen molar-refractivity contribution >= 4 is 0 Å². The molecule has 0 spiro atoms. The largest absolute Gasteiger partial charge is 0.491 e. The van der Waals surface area contributed by atoms with Gasteiger partial charge in [0.05, 0.1) is 6.61 Å². The molecule has 7 heteroatoms. The van der Waals surface area contributed by atoms with Gasteiger partial charge >= 0.3 is 5.76 Å². The van der Waals surface area contributed by atoms with Gasteiger partial charge in [-0.15, -0.1) is 0 Å². The van der Waals surface area contributed by atoms with Gasteiger partial charge in [0.2, 0.25) is 0 Å². The number of H-pyrrole nitrogens is 1. The summed E-state index contributed by atoms with van der Waals surface area (Å²) in [7, 11) is 0. The number of rotatable bonds is 24. The first-order valence-corrected chi connectivity index (χ1v) is 14.7. The Balaban J connectivity index is 1.62. The smallest absolute Gasteiger partial charge is 0.439 e. The van der Waals surface area contributed by atoms with Gasteiger partial charge in [0.1, 0.15) is 18.5 Å². The van der Waals surface area contributed by atoms with Crippen LogP contribution in [0, 0.1) is 0 Å². The maximum absolute atomic E-state index is 11.2. The number of hydrogen-bond donors (Lipinski definition) is 1. The first kappa shape index (κ1) is 31.1. The summed E-state index contributed by atoms with van der Waals surface area (Å²) in [6.45, 7) is 6.95. The van der Waals surface area contributed by atoms with Crippen molar-refractivity contribution < 1.29 is 18.7 Å². The van der Waals surface area contributed by atoms with Crippen molar-refractivity contribution in [2.24, 2.45) is 0 Å². The zero-order valence-electron chi connectivity index (χ0n) is 23.3. The molecule has 1 heterocycles. The fourth-order valence-corrected chi connectivity index (χ4v) is 4.26. The van der Waals surface area contributed by atoms with E-state index in [1.165, 1.54) is 83.5 Å². The van der Waals surface area contributed by atoms with Crippen molar-refractivity contribution in [3.63, 3.8) is 0 Å². The molecule has 0 bridgehead atoms. The van der Waals surface area contributed by atoms with Crippen molar-refractivity contribution in [2.45, 2.75) is 116 Å². The fourth-order valence-electron chi connectivity index (χ4n) is 4.26. The van der Waals surface area contributed by atoms with Crippen LogP contribution in [0.15, 0.2) is 33.6 Å². The molecule has 1 aromatic carbocycles. The van der Waals surface area contributed by atoms with E-state index in [9.17, 15) is 4.79 Å². The van der Waals surface area contributed by atoms with Crippen LogP contribution in [0.4, 0.5) is 0 Å². The summed E-state index contributed by atoms with van der Waals surface area (Å²) in [6, 6.07) is 7.39. The van der Waals surface area contributed by atoms with Gasteiger partial charge < -0.3 is 14.2 Å². The van der Waals surface area contributed by atoms with E-state index in [-0.39, 0.29) is 6.10 Å². The Morgan fingerprint density at radius 3 is 1.92 bits per heavy atom. The van der Waals surface area contributed by atoms with Crippen molar-refractivity contribution in [3.05, 3.63) is 34.8 Å². The maximum Gasteiger partial charge on any atom is 0.439 e. The standard InChI is InChI=1S/C30H50N2O5/c1-3-5-7-8-9-10-11-12-13-14-15-17-23-35-28(24-34-22-16-6-4-2)25-36-27-20-18-26(19-21-27)29-31-30(33)37-32-29/h18-21,28H,3-17,22-25H2,1-2H3,(H,31,32,33). The van der Waals surface area contributed by atoms with E-state index < -0.39 is 5.76 Å². The summed E-state index contributed by atoms with van der Waals surface area (Å²) in [5.41, 5.74) is 0.761. The van der Waals surface area contributed by atoms with Crippen molar-refractivity contribution in [1.82, 2.24) is 10.1 Å². The predicted molar refractivity (Wildman–Crippen MR) is 149 cm³/mol. The number of aromatic nitrogens is 2. The average molecular weight is 519 g/mol. The molecular weight excluding hydrogens is 468 g/mol. The molecule has 1 N–H and O–H groups in total. The van der Waals surface area contributed by atoms with Gasteiger partial charge in [-0.1, -0.05) is 102 Å². The summed E-state index contributed by atoms with van der Waals surface area (Å²) in [4.78, 5) is 13.7. The second kappa shape index (κ2) is 20.9. The monoisotopic (exact) mass is 518 g/mol. The van der Waals surface area contributed by atoms with E-state index in [0.29, 0.717) is 19.0 Å². The Labute approximate surface area is 223 Å². The lowest BCUT2D eigenvalue weighted by atomic mass is 10.1. The van der Waals surface area contributed by atoms with Crippen LogP contribution in [0.1, 0.15) is 110 Å². The van der Waals surface area contributed by atoms with Crippen molar-refractivity contribution in [1.29, 1.82) is 0 Å². The second-order valence-electron chi connectivity index (χ2n) is 9.94. The molecule has 0 aliphatic rings. The van der Waals surface area contributed by atoms with E-state index in [1.807, 2.05) is 24.3 Å². The minimum atomic E-state index is -0.567. The van der Waals surface area contributed by atoms with Crippen LogP contribution in [0.5, 0.6) is 5.75 Å². The van der Waals surface area contributed by atoms with Crippen LogP contribution in [0.3, 0.4) is 0 Å². The number of hydrogen-bond acceptors (Lipinski definition) is 6. The second-order valence-corrected chi connectivity index (χ2v) is 9.94. The van der Waals surface area contributed by atoms with E-state index in [0.717, 1.165) is 37.4 Å². The molecule has 2 rings (SSSR count). The van der Waals surface area contributed by atoms with Gasteiger partial charge in [0, 0.05) is 18.8 Å². The molecule has 1 atom stereocenters. The molecule has 0 aliphatic heterocycles. The number of nitrogens with one attached hydrogen (secondary N) is 1. The van der Waals surface area contributed by atoms with E-state index in [1.54, 1.807) is 0 Å². The Hall–Kier alpha value is -2.12. The highest BCUT2D eigenvalue weighted by Crippen LogP contribution is 2.19. The Kier molecular flexibility index (Phi) is 17.6. The zero-order valence-corrected chi connectivity index (χ0v) is 23.3. The lowest BCUT2D eigenvalue weighted by Crippen LogP contribution is -2.28. The molecule has 0 saturated heterocycles. The van der Waals surface area contributed by atoms with Crippen LogP contribution < -0.4 is 10.5 Å². The first-order valence-electron chi connectivity index (χ1n) is 14.7. The lowest BCUT2D eigenvalue weighted by molar-refractivity contribution is -0.0388. The molecule has 0 aliphatic carbocycles. The Morgan fingerprint density at radius 1 is 0.757 bits per heavy atom. The number of nitrogens with zero attached hydrogens (tertiary/aromatic N) is 1. The molecule has 2 aromatic rings. The van der Waals surface area contributed by atoms with E-state index in [4.69, 9.17) is 14.2 Å². The number of unbranched alkanes of at least 4 members (excludes halogenated alkanes) is 13. The highest BCUT2D eigenvalue weighted by Gasteiger charge is 2.12. The Bertz CT molecular complexity index is 833. The molecule has 0 amide bonds. The first-order chi connectivity index (χ1) is 18.2. The van der Waals surface area contributed by atoms with Gasteiger partial charge in [0.15, 0.2) is 5.82 Å². The molecule has 1 aromatic heterocycles. The Morgan fingerprint density at radius 2 is 1.32 bits per heavy atom. The topological polar surface area (TPSA) is 86.6 Å². The quantitative estimate of drug-likeness (QED) is 0.143. The van der Waals surface area contributed by atoms with Gasteiger partial charge in [-0.2, -0.15) is 0 Å². The molecule has 0 saturated carbocycles. The average Bonchev–Trinajstić information content (AvgIpc) is 3.35.